The minimum absolute atomic E-state index is 0.0102. The first-order valence-electron chi connectivity index (χ1n) is 14.9. The molecule has 7 unspecified atom stereocenters. The van der Waals surface area contributed by atoms with Crippen molar-refractivity contribution in [1.29, 1.82) is 0 Å². The van der Waals surface area contributed by atoms with Gasteiger partial charge in [-0.3, -0.25) is 4.90 Å². The predicted molar refractivity (Wildman–Crippen MR) is 152 cm³/mol. The summed E-state index contributed by atoms with van der Waals surface area (Å²) in [6.45, 7) is 0. The Kier molecular flexibility index (Phi) is 4.70. The molecule has 2 heterocycles. The SMILES string of the molecule is CN1C2C3C=CC(O)C4Oc5c(OC(=O)OC6CCC(c7ccccc7)(c7ccccc7)CC6)ccc6c5C34CC621. The zero-order valence-electron chi connectivity index (χ0n) is 23.0. The molecule has 208 valence electrons. The van der Waals surface area contributed by atoms with Crippen LogP contribution in [-0.4, -0.2) is 47.6 Å². The molecule has 6 aliphatic rings. The van der Waals surface area contributed by atoms with Crippen molar-refractivity contribution in [3.05, 3.63) is 107 Å². The molecule has 2 saturated carbocycles. The minimum atomic E-state index is -0.688. The Morgan fingerprint density at radius 3 is 2.32 bits per heavy atom. The summed E-state index contributed by atoms with van der Waals surface area (Å²) < 4.78 is 18.2. The van der Waals surface area contributed by atoms with Crippen LogP contribution >= 0.6 is 0 Å². The Hall–Kier alpha value is -3.61. The fraction of sp³-hybridized carbons (Fsp3) is 0.400. The van der Waals surface area contributed by atoms with Crippen LogP contribution in [0.5, 0.6) is 11.5 Å². The fourth-order valence-corrected chi connectivity index (χ4v) is 9.76. The van der Waals surface area contributed by atoms with E-state index in [1.165, 1.54) is 16.7 Å². The molecule has 0 amide bonds. The Morgan fingerprint density at radius 1 is 0.951 bits per heavy atom. The minimum Gasteiger partial charge on any atom is -0.482 e. The number of rotatable bonds is 4. The van der Waals surface area contributed by atoms with Gasteiger partial charge in [-0.1, -0.05) is 78.9 Å². The lowest BCUT2D eigenvalue weighted by Crippen LogP contribution is -2.51. The molecule has 7 atom stereocenters. The number of fused-ring (bicyclic) bond motifs is 1. The highest BCUT2D eigenvalue weighted by atomic mass is 16.7. The van der Waals surface area contributed by atoms with Gasteiger partial charge in [0.1, 0.15) is 18.3 Å². The molecule has 4 aliphatic carbocycles. The second-order valence-electron chi connectivity index (χ2n) is 12.9. The lowest BCUT2D eigenvalue weighted by atomic mass is 9.64. The van der Waals surface area contributed by atoms with Crippen LogP contribution in [0.1, 0.15) is 54.4 Å². The van der Waals surface area contributed by atoms with E-state index in [2.05, 4.69) is 84.8 Å². The van der Waals surface area contributed by atoms with Crippen molar-refractivity contribution in [3.8, 4) is 11.5 Å². The second-order valence-corrected chi connectivity index (χ2v) is 12.9. The molecular weight excluding hydrogens is 514 g/mol. The molecule has 0 radical (unpaired) electrons. The standard InChI is InChI=1S/C35H33NO5/c1-36-30-25-12-14-26(37)31-34(25)20-35(30,36)24-13-15-27(29(41-31)28(24)34)40-32(38)39-23-16-18-33(19-17-23,21-8-4-2-5-9-21)22-10-6-3-7-11-22/h2-15,23,25-26,30-31,37H,16-20H2,1H3. The molecule has 6 heteroatoms. The van der Waals surface area contributed by atoms with Crippen molar-refractivity contribution in [2.75, 3.05) is 7.05 Å². The van der Waals surface area contributed by atoms with E-state index in [-0.39, 0.29) is 28.6 Å². The Morgan fingerprint density at radius 2 is 1.63 bits per heavy atom. The molecule has 2 bridgehead atoms. The molecule has 9 rings (SSSR count). The van der Waals surface area contributed by atoms with Crippen LogP contribution in [0.2, 0.25) is 0 Å². The first kappa shape index (κ1) is 24.0. The molecule has 41 heavy (non-hydrogen) atoms. The van der Waals surface area contributed by atoms with Gasteiger partial charge in [-0.25, -0.2) is 4.79 Å². The molecule has 6 nitrogen and oxygen atoms in total. The highest BCUT2D eigenvalue weighted by Gasteiger charge is 2.84. The zero-order chi connectivity index (χ0) is 27.6. The van der Waals surface area contributed by atoms with E-state index in [4.69, 9.17) is 14.2 Å². The fourth-order valence-electron chi connectivity index (χ4n) is 9.76. The molecule has 3 fully saturated rings. The van der Waals surface area contributed by atoms with Crippen LogP contribution in [0.3, 0.4) is 0 Å². The van der Waals surface area contributed by atoms with E-state index in [1.54, 1.807) is 0 Å². The predicted octanol–water partition coefficient (Wildman–Crippen LogP) is 5.60. The Labute approximate surface area is 239 Å². The number of piperidine rings is 1. The third kappa shape index (κ3) is 2.87. The molecule has 3 aromatic carbocycles. The summed E-state index contributed by atoms with van der Waals surface area (Å²) in [4.78, 5) is 15.6. The lowest BCUT2D eigenvalue weighted by Gasteiger charge is -2.41. The maximum absolute atomic E-state index is 13.2. The van der Waals surface area contributed by atoms with Crippen molar-refractivity contribution in [2.24, 2.45) is 5.92 Å². The number of likely N-dealkylation sites (N-methyl/N-ethyl adjacent to an activating group) is 1. The van der Waals surface area contributed by atoms with E-state index in [1.807, 2.05) is 12.1 Å². The van der Waals surface area contributed by atoms with E-state index < -0.39 is 12.3 Å². The molecule has 0 aromatic heterocycles. The third-order valence-corrected chi connectivity index (χ3v) is 11.5. The van der Waals surface area contributed by atoms with Crippen molar-refractivity contribution < 1.29 is 24.1 Å². The van der Waals surface area contributed by atoms with Gasteiger partial charge in [-0.15, -0.1) is 0 Å². The maximum Gasteiger partial charge on any atom is 0.514 e. The van der Waals surface area contributed by atoms with Gasteiger partial charge in [-0.05, 0) is 61.9 Å². The van der Waals surface area contributed by atoms with Crippen LogP contribution in [-0.2, 0) is 21.1 Å². The van der Waals surface area contributed by atoms with Crippen molar-refractivity contribution in [2.45, 2.75) is 72.8 Å². The van der Waals surface area contributed by atoms with Crippen LogP contribution in [0.4, 0.5) is 4.79 Å². The number of aliphatic hydroxyl groups excluding tert-OH is 1. The first-order valence-corrected chi connectivity index (χ1v) is 14.9. The summed E-state index contributed by atoms with van der Waals surface area (Å²) in [5.74, 6) is 1.31. The number of carbonyl (C=O) groups excluding carboxylic acids is 1. The zero-order valence-corrected chi connectivity index (χ0v) is 23.0. The van der Waals surface area contributed by atoms with E-state index in [9.17, 15) is 9.90 Å². The van der Waals surface area contributed by atoms with Gasteiger partial charge in [0.25, 0.3) is 0 Å². The highest BCUT2D eigenvalue weighted by Crippen LogP contribution is 2.80. The topological polar surface area (TPSA) is 68.0 Å². The Balaban J connectivity index is 0.954. The largest absolute Gasteiger partial charge is 0.514 e. The summed E-state index contributed by atoms with van der Waals surface area (Å²) in [5.41, 5.74) is 4.68. The molecule has 2 spiro atoms. The quantitative estimate of drug-likeness (QED) is 0.198. The summed E-state index contributed by atoms with van der Waals surface area (Å²) in [6.07, 6.45) is 6.38. The molecule has 1 N–H and O–H groups in total. The van der Waals surface area contributed by atoms with Crippen LogP contribution in [0.25, 0.3) is 0 Å². The van der Waals surface area contributed by atoms with Crippen molar-refractivity contribution >= 4 is 6.16 Å². The van der Waals surface area contributed by atoms with Gasteiger partial charge in [-0.2, -0.15) is 0 Å². The number of hydrogen-bond acceptors (Lipinski definition) is 6. The second kappa shape index (κ2) is 8.02. The number of likely N-dealkylation sites (tertiary alicyclic amines) is 1. The maximum atomic E-state index is 13.2. The number of ether oxygens (including phenoxy) is 3. The average molecular weight is 548 g/mol. The van der Waals surface area contributed by atoms with Gasteiger partial charge in [0.2, 0.25) is 0 Å². The van der Waals surface area contributed by atoms with E-state index in [0.29, 0.717) is 23.5 Å². The van der Waals surface area contributed by atoms with Gasteiger partial charge in [0, 0.05) is 28.4 Å². The average Bonchev–Trinajstić information content (AvgIpc) is 3.28. The smallest absolute Gasteiger partial charge is 0.482 e. The van der Waals surface area contributed by atoms with E-state index in [0.717, 1.165) is 37.7 Å². The molecule has 2 aliphatic heterocycles. The molecule has 3 aromatic rings. The van der Waals surface area contributed by atoms with Gasteiger partial charge in [0.05, 0.1) is 5.54 Å². The molecule has 1 saturated heterocycles. The number of carbonyl (C=O) groups is 1. The number of nitrogens with zero attached hydrogens (tertiary/aromatic N) is 1. The number of benzene rings is 3. The van der Waals surface area contributed by atoms with Gasteiger partial charge >= 0.3 is 6.16 Å². The van der Waals surface area contributed by atoms with E-state index >= 15 is 0 Å². The monoisotopic (exact) mass is 547 g/mol. The van der Waals surface area contributed by atoms with Gasteiger partial charge < -0.3 is 19.3 Å². The van der Waals surface area contributed by atoms with Crippen LogP contribution in [0, 0.1) is 5.92 Å². The summed E-state index contributed by atoms with van der Waals surface area (Å²) in [5, 5.41) is 10.9. The summed E-state index contributed by atoms with van der Waals surface area (Å²) >= 11 is 0. The summed E-state index contributed by atoms with van der Waals surface area (Å²) in [6, 6.07) is 25.7. The Bertz CT molecular complexity index is 1550. The third-order valence-electron chi connectivity index (χ3n) is 11.5. The first-order chi connectivity index (χ1) is 20.0. The lowest BCUT2D eigenvalue weighted by molar-refractivity contribution is 0.00483. The molecular formula is C35H33NO5. The number of hydrogen-bond donors (Lipinski definition) is 1. The van der Waals surface area contributed by atoms with Crippen molar-refractivity contribution in [3.63, 3.8) is 0 Å². The van der Waals surface area contributed by atoms with Crippen LogP contribution in [0.15, 0.2) is 84.9 Å². The summed E-state index contributed by atoms with van der Waals surface area (Å²) in [7, 11) is 2.19. The highest BCUT2D eigenvalue weighted by molar-refractivity contribution is 5.73. The van der Waals surface area contributed by atoms with Crippen LogP contribution < -0.4 is 9.47 Å². The normalized spacial score (nSPS) is 36.3. The number of aliphatic hydroxyl groups is 1. The van der Waals surface area contributed by atoms with Gasteiger partial charge in [0.15, 0.2) is 11.5 Å². The van der Waals surface area contributed by atoms with Crippen molar-refractivity contribution in [1.82, 2.24) is 4.90 Å².